The van der Waals surface area contributed by atoms with Gasteiger partial charge in [0.15, 0.2) is 5.13 Å². The van der Waals surface area contributed by atoms with E-state index in [1.807, 2.05) is 0 Å². The van der Waals surface area contributed by atoms with Crippen molar-refractivity contribution in [1.82, 2.24) is 4.98 Å². The molecule has 1 aromatic heterocycles. The maximum atomic E-state index is 12.9. The molecule has 0 aliphatic carbocycles. The lowest BCUT2D eigenvalue weighted by atomic mass is 10.0. The fourth-order valence-electron chi connectivity index (χ4n) is 1.85. The lowest BCUT2D eigenvalue weighted by molar-refractivity contribution is -0.138. The Bertz CT molecular complexity index is 590. The van der Waals surface area contributed by atoms with Gasteiger partial charge in [0, 0.05) is 0 Å². The number of halogens is 3. The lowest BCUT2D eigenvalue weighted by Crippen LogP contribution is -2.15. The summed E-state index contributed by atoms with van der Waals surface area (Å²) in [5.41, 5.74) is -0.523. The van der Waals surface area contributed by atoms with Crippen LogP contribution < -0.4 is 5.32 Å². The third kappa shape index (κ3) is 3.04. The number of rotatable bonds is 3. The fourth-order valence-corrected chi connectivity index (χ4v) is 2.64. The smallest absolute Gasteiger partial charge is 0.416 e. The number of nitrogens with one attached hydrogen (secondary N) is 1. The Morgan fingerprint density at radius 3 is 2.50 bits per heavy atom. The van der Waals surface area contributed by atoms with Gasteiger partial charge in [-0.05, 0) is 25.5 Å². The molecule has 3 nitrogen and oxygen atoms in total. The first-order valence-electron chi connectivity index (χ1n) is 5.88. The van der Waals surface area contributed by atoms with Gasteiger partial charge < -0.3 is 10.4 Å². The minimum atomic E-state index is -4.40. The van der Waals surface area contributed by atoms with Crippen LogP contribution in [0.15, 0.2) is 24.3 Å². The van der Waals surface area contributed by atoms with Gasteiger partial charge in [-0.3, -0.25) is 0 Å². The van der Waals surface area contributed by atoms with E-state index in [1.165, 1.54) is 23.5 Å². The average Bonchev–Trinajstić information content (AvgIpc) is 2.67. The van der Waals surface area contributed by atoms with E-state index < -0.39 is 17.8 Å². The second kappa shape index (κ2) is 5.32. The van der Waals surface area contributed by atoms with Crippen molar-refractivity contribution in [2.45, 2.75) is 26.1 Å². The molecule has 0 aliphatic rings. The summed E-state index contributed by atoms with van der Waals surface area (Å²) in [6.07, 6.45) is -4.40. The maximum Gasteiger partial charge on any atom is 0.416 e. The minimum absolute atomic E-state index is 0.103. The summed E-state index contributed by atoms with van der Waals surface area (Å²) in [5.74, 6) is -0.103. The zero-order chi connectivity index (χ0) is 14.9. The number of thiazole rings is 1. The van der Waals surface area contributed by atoms with E-state index in [2.05, 4.69) is 10.3 Å². The van der Waals surface area contributed by atoms with Crippen molar-refractivity contribution in [3.05, 3.63) is 40.3 Å². The van der Waals surface area contributed by atoms with Gasteiger partial charge in [0.2, 0.25) is 5.88 Å². The predicted octanol–water partition coefficient (Wildman–Crippen LogP) is 4.35. The van der Waals surface area contributed by atoms with E-state index in [1.54, 1.807) is 19.9 Å². The molecule has 0 bridgehead atoms. The maximum absolute atomic E-state index is 12.9. The van der Waals surface area contributed by atoms with E-state index in [0.717, 1.165) is 6.07 Å². The van der Waals surface area contributed by atoms with Crippen molar-refractivity contribution in [3.8, 4) is 5.88 Å². The van der Waals surface area contributed by atoms with Gasteiger partial charge in [-0.25, -0.2) is 0 Å². The van der Waals surface area contributed by atoms with Crippen LogP contribution in [0, 0.1) is 6.92 Å². The first-order chi connectivity index (χ1) is 9.29. The molecule has 0 saturated carbocycles. The van der Waals surface area contributed by atoms with Crippen LogP contribution in [0.1, 0.15) is 29.0 Å². The van der Waals surface area contributed by atoms with Crippen molar-refractivity contribution in [1.29, 1.82) is 0 Å². The van der Waals surface area contributed by atoms with Crippen LogP contribution in [0.5, 0.6) is 5.88 Å². The third-order valence-electron chi connectivity index (χ3n) is 2.84. The van der Waals surface area contributed by atoms with Gasteiger partial charge in [0.1, 0.15) is 0 Å². The lowest BCUT2D eigenvalue weighted by Gasteiger charge is -2.18. The van der Waals surface area contributed by atoms with Crippen LogP contribution in [0.3, 0.4) is 0 Å². The van der Waals surface area contributed by atoms with E-state index in [0.29, 0.717) is 10.0 Å². The van der Waals surface area contributed by atoms with Gasteiger partial charge in [-0.1, -0.05) is 29.5 Å². The van der Waals surface area contributed by atoms with E-state index in [9.17, 15) is 18.3 Å². The normalized spacial score (nSPS) is 13.2. The van der Waals surface area contributed by atoms with Crippen molar-refractivity contribution in [2.75, 3.05) is 5.32 Å². The standard InChI is InChI=1S/C13H13F3N2OS/c1-7(17-12-18-11(19)8(2)20-12)9-5-3-4-6-10(9)13(14,15)16/h3-7,19H,1-2H3,(H,17,18)/t7-/m0/s1. The number of alkyl halides is 3. The quantitative estimate of drug-likeness (QED) is 0.886. The van der Waals surface area contributed by atoms with Crippen molar-refractivity contribution in [3.63, 3.8) is 0 Å². The fraction of sp³-hybridized carbons (Fsp3) is 0.308. The predicted molar refractivity (Wildman–Crippen MR) is 72.0 cm³/mol. The van der Waals surface area contributed by atoms with Crippen LogP contribution in [-0.4, -0.2) is 10.1 Å². The zero-order valence-electron chi connectivity index (χ0n) is 10.8. The topological polar surface area (TPSA) is 45.2 Å². The summed E-state index contributed by atoms with van der Waals surface area (Å²) >= 11 is 1.20. The minimum Gasteiger partial charge on any atom is -0.492 e. The summed E-state index contributed by atoms with van der Waals surface area (Å²) in [4.78, 5) is 4.46. The molecule has 1 aromatic carbocycles. The molecule has 0 fully saturated rings. The van der Waals surface area contributed by atoms with Crippen molar-refractivity contribution in [2.24, 2.45) is 0 Å². The molecular weight excluding hydrogens is 289 g/mol. The number of aromatic hydroxyl groups is 1. The summed E-state index contributed by atoms with van der Waals surface area (Å²) < 4.78 is 38.8. The molecule has 1 atom stereocenters. The Morgan fingerprint density at radius 2 is 1.95 bits per heavy atom. The molecule has 2 rings (SSSR count). The number of aromatic nitrogens is 1. The van der Waals surface area contributed by atoms with E-state index in [-0.39, 0.29) is 11.4 Å². The number of nitrogens with zero attached hydrogens (tertiary/aromatic N) is 1. The van der Waals surface area contributed by atoms with Gasteiger partial charge in [-0.15, -0.1) is 0 Å². The monoisotopic (exact) mass is 302 g/mol. The number of anilines is 1. The Balaban J connectivity index is 2.27. The molecule has 108 valence electrons. The third-order valence-corrected chi connectivity index (χ3v) is 3.74. The summed E-state index contributed by atoms with van der Waals surface area (Å²) in [6.45, 7) is 3.31. The average molecular weight is 302 g/mol. The van der Waals surface area contributed by atoms with E-state index >= 15 is 0 Å². The summed E-state index contributed by atoms with van der Waals surface area (Å²) in [6, 6.07) is 4.84. The van der Waals surface area contributed by atoms with Gasteiger partial charge >= 0.3 is 6.18 Å². The number of hydrogen-bond acceptors (Lipinski definition) is 4. The molecule has 0 saturated heterocycles. The van der Waals surface area contributed by atoms with Crippen molar-refractivity contribution >= 4 is 16.5 Å². The molecule has 0 radical (unpaired) electrons. The number of hydrogen-bond donors (Lipinski definition) is 2. The Morgan fingerprint density at radius 1 is 1.30 bits per heavy atom. The molecule has 7 heteroatoms. The highest BCUT2D eigenvalue weighted by molar-refractivity contribution is 7.15. The zero-order valence-corrected chi connectivity index (χ0v) is 11.6. The second-order valence-electron chi connectivity index (χ2n) is 4.35. The summed E-state index contributed by atoms with van der Waals surface area (Å²) in [5, 5.41) is 12.7. The van der Waals surface area contributed by atoms with E-state index in [4.69, 9.17) is 0 Å². The number of benzene rings is 1. The largest absolute Gasteiger partial charge is 0.492 e. The first-order valence-corrected chi connectivity index (χ1v) is 6.69. The second-order valence-corrected chi connectivity index (χ2v) is 5.55. The number of aryl methyl sites for hydroxylation is 1. The van der Waals surface area contributed by atoms with Crippen LogP contribution in [-0.2, 0) is 6.18 Å². The first kappa shape index (κ1) is 14.6. The molecule has 0 amide bonds. The van der Waals surface area contributed by atoms with Gasteiger partial charge in [0.05, 0.1) is 16.5 Å². The Labute approximate surface area is 118 Å². The highest BCUT2D eigenvalue weighted by Crippen LogP contribution is 2.36. The molecular formula is C13H13F3N2OS. The van der Waals surface area contributed by atoms with Crippen molar-refractivity contribution < 1.29 is 18.3 Å². The molecule has 2 aromatic rings. The molecule has 1 heterocycles. The molecule has 2 N–H and O–H groups in total. The Hall–Kier alpha value is -1.76. The van der Waals surface area contributed by atoms with Gasteiger partial charge in [-0.2, -0.15) is 18.2 Å². The molecule has 0 unspecified atom stereocenters. The van der Waals surface area contributed by atoms with Crippen LogP contribution in [0.25, 0.3) is 0 Å². The highest BCUT2D eigenvalue weighted by atomic mass is 32.1. The molecule has 20 heavy (non-hydrogen) atoms. The Kier molecular flexibility index (Phi) is 3.89. The highest BCUT2D eigenvalue weighted by Gasteiger charge is 2.34. The van der Waals surface area contributed by atoms with Crippen LogP contribution in [0.4, 0.5) is 18.3 Å². The molecule has 0 spiro atoms. The van der Waals surface area contributed by atoms with Crippen LogP contribution >= 0.6 is 11.3 Å². The van der Waals surface area contributed by atoms with Gasteiger partial charge in [0.25, 0.3) is 0 Å². The van der Waals surface area contributed by atoms with Crippen LogP contribution in [0.2, 0.25) is 0 Å². The molecule has 0 aliphatic heterocycles. The SMILES string of the molecule is Cc1sc(N[C@@H](C)c2ccccc2C(F)(F)F)nc1O. The summed E-state index contributed by atoms with van der Waals surface area (Å²) in [7, 11) is 0.